The molecule has 3 N–H and O–H groups in total. The predicted molar refractivity (Wildman–Crippen MR) is 136 cm³/mol. The second-order valence-electron chi connectivity index (χ2n) is 10.2. The number of hydrogen-bond donors (Lipinski definition) is 3. The molecule has 10 nitrogen and oxygen atoms in total. The molecule has 6 rings (SSSR count). The van der Waals surface area contributed by atoms with Crippen molar-refractivity contribution in [2.24, 2.45) is 5.92 Å². The Kier molecular flexibility index (Phi) is 6.99. The third-order valence-electron chi connectivity index (χ3n) is 7.51. The summed E-state index contributed by atoms with van der Waals surface area (Å²) in [6.07, 6.45) is -2.99. The van der Waals surface area contributed by atoms with Crippen LogP contribution in [0.5, 0.6) is 5.75 Å². The number of halogens is 3. The number of benzene rings is 2. The van der Waals surface area contributed by atoms with E-state index in [0.29, 0.717) is 29.7 Å². The van der Waals surface area contributed by atoms with E-state index in [1.807, 2.05) is 0 Å². The molecule has 41 heavy (non-hydrogen) atoms. The van der Waals surface area contributed by atoms with Crippen molar-refractivity contribution < 1.29 is 42.0 Å². The van der Waals surface area contributed by atoms with E-state index in [-0.39, 0.29) is 29.7 Å². The molecule has 1 aliphatic carbocycles. The van der Waals surface area contributed by atoms with E-state index in [4.69, 9.17) is 13.8 Å². The van der Waals surface area contributed by atoms with Crippen LogP contribution in [0.2, 0.25) is 0 Å². The van der Waals surface area contributed by atoms with E-state index < -0.39 is 47.4 Å². The van der Waals surface area contributed by atoms with Gasteiger partial charge in [0.05, 0.1) is 12.0 Å². The van der Waals surface area contributed by atoms with Gasteiger partial charge in [0.25, 0.3) is 5.89 Å². The number of carboxylic acids is 1. The van der Waals surface area contributed by atoms with Crippen LogP contribution < -0.4 is 10.1 Å². The van der Waals surface area contributed by atoms with Crippen molar-refractivity contribution in [3.05, 3.63) is 59.7 Å². The van der Waals surface area contributed by atoms with Crippen LogP contribution in [-0.4, -0.2) is 50.2 Å². The summed E-state index contributed by atoms with van der Waals surface area (Å²) in [7, 11) is 0. The molecule has 13 heteroatoms. The van der Waals surface area contributed by atoms with Crippen LogP contribution in [0.3, 0.4) is 0 Å². The first-order valence-corrected chi connectivity index (χ1v) is 13.1. The number of rotatable bonds is 6. The zero-order valence-corrected chi connectivity index (χ0v) is 21.5. The third-order valence-corrected chi connectivity index (χ3v) is 7.51. The number of alkyl halides is 3. The van der Waals surface area contributed by atoms with Crippen molar-refractivity contribution >= 4 is 5.97 Å². The molecule has 2 aromatic carbocycles. The second-order valence-corrected chi connectivity index (χ2v) is 10.2. The Morgan fingerprint density at radius 2 is 1.83 bits per heavy atom. The number of nitrogens with zero attached hydrogens (tertiary/aromatic N) is 3. The first-order valence-electron chi connectivity index (χ1n) is 13.1. The maximum absolute atomic E-state index is 14.0. The number of aliphatic carboxylic acids is 1. The Bertz CT molecular complexity index is 1550. The predicted octanol–water partition coefficient (Wildman–Crippen LogP) is 5.10. The highest BCUT2D eigenvalue weighted by molar-refractivity contribution is 5.71. The van der Waals surface area contributed by atoms with Crippen LogP contribution in [0.15, 0.2) is 57.6 Å². The molecule has 2 aromatic heterocycles. The van der Waals surface area contributed by atoms with Gasteiger partial charge in [-0.2, -0.15) is 18.2 Å². The van der Waals surface area contributed by atoms with Gasteiger partial charge in [-0.25, -0.2) is 0 Å². The van der Waals surface area contributed by atoms with Crippen molar-refractivity contribution in [3.8, 4) is 40.0 Å². The fraction of sp³-hybridized carbons (Fsp3) is 0.357. The highest BCUT2D eigenvalue weighted by atomic mass is 19.4. The molecule has 1 fully saturated rings. The van der Waals surface area contributed by atoms with Gasteiger partial charge in [-0.1, -0.05) is 59.2 Å². The minimum absolute atomic E-state index is 0.00570. The molecule has 1 aliphatic heterocycles. The van der Waals surface area contributed by atoms with Gasteiger partial charge in [0.15, 0.2) is 0 Å². The summed E-state index contributed by atoms with van der Waals surface area (Å²) in [6.45, 7) is 0.138. The molecule has 0 radical (unpaired) electrons. The average Bonchev–Trinajstić information content (AvgIpc) is 3.63. The van der Waals surface area contributed by atoms with Gasteiger partial charge in [-0.05, 0) is 25.3 Å². The van der Waals surface area contributed by atoms with Crippen molar-refractivity contribution in [3.63, 3.8) is 0 Å². The van der Waals surface area contributed by atoms with Crippen molar-refractivity contribution in [2.45, 2.75) is 50.0 Å². The summed E-state index contributed by atoms with van der Waals surface area (Å²) in [5.41, 5.74) is -0.391. The molecule has 0 amide bonds. The Balaban J connectivity index is 1.22. The summed E-state index contributed by atoms with van der Waals surface area (Å²) in [6, 6.07) is 12.1. The molecule has 0 saturated heterocycles. The molecular formula is C28H25F3N4O6. The van der Waals surface area contributed by atoms with E-state index in [0.717, 1.165) is 12.8 Å². The van der Waals surface area contributed by atoms with Crippen LogP contribution in [0, 0.1) is 5.92 Å². The van der Waals surface area contributed by atoms with Gasteiger partial charge in [0.1, 0.15) is 29.7 Å². The largest absolute Gasteiger partial charge is 0.491 e. The fourth-order valence-electron chi connectivity index (χ4n) is 5.46. The number of aliphatic hydroxyl groups is 1. The van der Waals surface area contributed by atoms with E-state index >= 15 is 0 Å². The highest BCUT2D eigenvalue weighted by Crippen LogP contribution is 2.43. The molecule has 4 atom stereocenters. The first-order chi connectivity index (χ1) is 19.7. The van der Waals surface area contributed by atoms with Crippen LogP contribution in [0.4, 0.5) is 13.2 Å². The monoisotopic (exact) mass is 570 g/mol. The van der Waals surface area contributed by atoms with Crippen LogP contribution >= 0.6 is 0 Å². The van der Waals surface area contributed by atoms with E-state index in [1.54, 1.807) is 36.4 Å². The Morgan fingerprint density at radius 1 is 1.02 bits per heavy atom. The van der Waals surface area contributed by atoms with Gasteiger partial charge in [0.2, 0.25) is 11.6 Å². The number of carboxylic acid groups (broad SMARTS) is 1. The molecular weight excluding hydrogens is 545 g/mol. The summed E-state index contributed by atoms with van der Waals surface area (Å²) < 4.78 is 58.2. The topological polar surface area (TPSA) is 144 Å². The van der Waals surface area contributed by atoms with Crippen molar-refractivity contribution in [2.75, 3.05) is 6.61 Å². The normalized spacial score (nSPS) is 22.6. The number of nitrogens with one attached hydrogen (secondary N) is 1. The number of carbonyl (C=O) groups is 1. The Morgan fingerprint density at radius 3 is 2.59 bits per heavy atom. The van der Waals surface area contributed by atoms with E-state index in [9.17, 15) is 28.2 Å². The maximum Gasteiger partial charge on any atom is 0.422 e. The lowest BCUT2D eigenvalue weighted by Gasteiger charge is -2.36. The maximum atomic E-state index is 14.0. The molecule has 1 saturated carbocycles. The molecule has 4 aromatic rings. The minimum Gasteiger partial charge on any atom is -0.491 e. The van der Waals surface area contributed by atoms with Crippen LogP contribution in [0.1, 0.15) is 42.9 Å². The van der Waals surface area contributed by atoms with Crippen LogP contribution in [-0.2, 0) is 11.0 Å². The highest BCUT2D eigenvalue weighted by Gasteiger charge is 2.43. The Labute approximate surface area is 231 Å². The van der Waals surface area contributed by atoms with Gasteiger partial charge in [-0.15, -0.1) is 0 Å². The zero-order chi connectivity index (χ0) is 28.7. The zero-order valence-electron chi connectivity index (χ0n) is 21.5. The first kappa shape index (κ1) is 27.0. The summed E-state index contributed by atoms with van der Waals surface area (Å²) in [5.74, 6) is -2.04. The average molecular weight is 571 g/mol. The molecule has 0 unspecified atom stereocenters. The number of hydrogen-bond acceptors (Lipinski definition) is 9. The molecule has 2 aliphatic rings. The van der Waals surface area contributed by atoms with Gasteiger partial charge >= 0.3 is 12.1 Å². The Hall–Kier alpha value is -4.23. The van der Waals surface area contributed by atoms with Gasteiger partial charge in [-0.3, -0.25) is 4.79 Å². The lowest BCUT2D eigenvalue weighted by molar-refractivity contribution is -0.143. The third kappa shape index (κ3) is 5.30. The number of aliphatic hydroxyl groups excluding tert-OH is 1. The molecule has 0 spiro atoms. The number of aromatic nitrogens is 3. The lowest BCUT2D eigenvalue weighted by atomic mass is 9.85. The van der Waals surface area contributed by atoms with Crippen LogP contribution in [0.25, 0.3) is 34.3 Å². The van der Waals surface area contributed by atoms with Gasteiger partial charge < -0.3 is 29.3 Å². The molecule has 3 heterocycles. The smallest absolute Gasteiger partial charge is 0.422 e. The number of fused-ring (bicyclic) bond motifs is 1. The summed E-state index contributed by atoms with van der Waals surface area (Å²) in [5, 5.41) is 31.2. The SMILES string of the molecule is O=C(O)[C@@H]1CCC[C@@H](N[C@H]2COc3cc(-c4noc(-c5onc(-c6ccccc6)c5C(F)(F)F)n4)ccc3[C@H]2O)C1. The molecule has 214 valence electrons. The molecule has 0 bridgehead atoms. The van der Waals surface area contributed by atoms with E-state index in [1.165, 1.54) is 12.1 Å². The lowest BCUT2D eigenvalue weighted by Crippen LogP contribution is -2.49. The fourth-order valence-corrected chi connectivity index (χ4v) is 5.46. The van der Waals surface area contributed by atoms with Crippen molar-refractivity contribution in [1.82, 2.24) is 20.6 Å². The quantitative estimate of drug-likeness (QED) is 0.286. The second kappa shape index (κ2) is 10.6. The van der Waals surface area contributed by atoms with Gasteiger partial charge in [0, 0.05) is 22.7 Å². The number of ether oxygens (including phenoxy) is 1. The van der Waals surface area contributed by atoms with E-state index in [2.05, 4.69) is 20.6 Å². The minimum atomic E-state index is -4.80. The summed E-state index contributed by atoms with van der Waals surface area (Å²) in [4.78, 5) is 15.5. The van der Waals surface area contributed by atoms with Crippen molar-refractivity contribution in [1.29, 1.82) is 0 Å². The summed E-state index contributed by atoms with van der Waals surface area (Å²) >= 11 is 0. The standard InChI is InChI=1S/C28H25F3N4O6/c29-28(30,31)21-22(14-5-2-1-3-6-14)34-40-24(21)26-33-25(35-41-26)15-9-10-18-20(12-15)39-13-19(23(18)36)32-17-8-4-7-16(11-17)27(37)38/h1-3,5-6,9-10,12,16-17,19,23,32,36H,4,7-8,11,13H2,(H,37,38)/t16-,17-,19+,23-/m1/s1.